The first-order valence-electron chi connectivity index (χ1n) is 9.31. The molecule has 6 heteroatoms. The molecule has 2 N–H and O–H groups in total. The summed E-state index contributed by atoms with van der Waals surface area (Å²) >= 11 is 6.10. The van der Waals surface area contributed by atoms with Gasteiger partial charge in [0.05, 0.1) is 5.02 Å². The number of amides is 1. The molecule has 1 amide bonds. The summed E-state index contributed by atoms with van der Waals surface area (Å²) < 4.78 is 19.3. The van der Waals surface area contributed by atoms with Crippen LogP contribution in [0, 0.1) is 5.82 Å². The standard InChI is InChI=1S/C21H22ClFN2O2/c22-18-10-14(23)6-9-19(18)27-20(13-4-2-1-3-5-13)21(26)25-17-11-15-7-8-16(12-17)24-15/h1-6,9-10,15-17,20,24H,7-8,11-12H2,(H,25,26). The fraction of sp³-hybridized carbons (Fsp3) is 0.381. The summed E-state index contributed by atoms with van der Waals surface area (Å²) in [4.78, 5) is 13.1. The van der Waals surface area contributed by atoms with E-state index in [4.69, 9.17) is 16.3 Å². The van der Waals surface area contributed by atoms with E-state index in [2.05, 4.69) is 10.6 Å². The number of carbonyl (C=O) groups excluding carboxylic acids is 1. The Hall–Kier alpha value is -2.11. The second kappa shape index (κ2) is 7.87. The molecule has 3 unspecified atom stereocenters. The van der Waals surface area contributed by atoms with E-state index in [0.29, 0.717) is 12.1 Å². The molecule has 4 nitrogen and oxygen atoms in total. The van der Waals surface area contributed by atoms with Gasteiger partial charge in [0.25, 0.3) is 5.91 Å². The molecule has 4 rings (SSSR count). The van der Waals surface area contributed by atoms with Crippen LogP contribution in [-0.4, -0.2) is 24.0 Å². The van der Waals surface area contributed by atoms with E-state index >= 15 is 0 Å². The Bertz CT molecular complexity index is 805. The number of hydrogen-bond acceptors (Lipinski definition) is 3. The molecule has 0 saturated carbocycles. The maximum Gasteiger partial charge on any atom is 0.266 e. The van der Waals surface area contributed by atoms with E-state index in [1.165, 1.54) is 31.0 Å². The average molecular weight is 389 g/mol. The highest BCUT2D eigenvalue weighted by Gasteiger charge is 2.35. The molecule has 0 spiro atoms. The van der Waals surface area contributed by atoms with Crippen molar-refractivity contribution >= 4 is 17.5 Å². The quantitative estimate of drug-likeness (QED) is 0.814. The van der Waals surface area contributed by atoms with Crippen LogP contribution in [0.3, 0.4) is 0 Å². The van der Waals surface area contributed by atoms with Gasteiger partial charge >= 0.3 is 0 Å². The van der Waals surface area contributed by atoms with Crippen LogP contribution in [0.15, 0.2) is 48.5 Å². The highest BCUT2D eigenvalue weighted by Crippen LogP contribution is 2.31. The molecule has 2 aromatic carbocycles. The van der Waals surface area contributed by atoms with Gasteiger partial charge in [-0.25, -0.2) is 4.39 Å². The van der Waals surface area contributed by atoms with Crippen molar-refractivity contribution in [2.75, 3.05) is 0 Å². The van der Waals surface area contributed by atoms with Crippen LogP contribution in [0.1, 0.15) is 37.4 Å². The van der Waals surface area contributed by atoms with Crippen LogP contribution in [0.25, 0.3) is 0 Å². The predicted molar refractivity (Wildman–Crippen MR) is 102 cm³/mol. The van der Waals surface area contributed by atoms with Crippen molar-refractivity contribution in [1.29, 1.82) is 0 Å². The third-order valence-electron chi connectivity index (χ3n) is 5.30. The first-order chi connectivity index (χ1) is 13.1. The van der Waals surface area contributed by atoms with Gasteiger partial charge in [-0.1, -0.05) is 41.9 Å². The van der Waals surface area contributed by atoms with Crippen LogP contribution in [0.2, 0.25) is 5.02 Å². The number of rotatable bonds is 5. The molecule has 2 fully saturated rings. The molecule has 27 heavy (non-hydrogen) atoms. The Morgan fingerprint density at radius 1 is 1.15 bits per heavy atom. The molecule has 2 aliphatic rings. The van der Waals surface area contributed by atoms with Crippen LogP contribution in [-0.2, 0) is 4.79 Å². The largest absolute Gasteiger partial charge is 0.474 e. The van der Waals surface area contributed by atoms with Gasteiger partial charge in [-0.15, -0.1) is 0 Å². The first-order valence-corrected chi connectivity index (χ1v) is 9.69. The second-order valence-electron chi connectivity index (χ2n) is 7.30. The molecular formula is C21H22ClFN2O2. The highest BCUT2D eigenvalue weighted by molar-refractivity contribution is 6.32. The lowest BCUT2D eigenvalue weighted by atomic mass is 9.99. The number of carbonyl (C=O) groups is 1. The minimum Gasteiger partial charge on any atom is -0.474 e. The van der Waals surface area contributed by atoms with E-state index in [9.17, 15) is 9.18 Å². The number of piperidine rings is 1. The van der Waals surface area contributed by atoms with Crippen molar-refractivity contribution in [3.63, 3.8) is 0 Å². The van der Waals surface area contributed by atoms with Crippen molar-refractivity contribution in [3.05, 3.63) is 64.9 Å². The van der Waals surface area contributed by atoms with Gasteiger partial charge in [-0.3, -0.25) is 4.79 Å². The van der Waals surface area contributed by atoms with E-state index in [1.807, 2.05) is 30.3 Å². The van der Waals surface area contributed by atoms with Crippen LogP contribution < -0.4 is 15.4 Å². The molecule has 3 atom stereocenters. The summed E-state index contributed by atoms with van der Waals surface area (Å²) in [6.45, 7) is 0. The van der Waals surface area contributed by atoms with Gasteiger partial charge in [-0.2, -0.15) is 0 Å². The van der Waals surface area contributed by atoms with Crippen LogP contribution in [0.4, 0.5) is 4.39 Å². The van der Waals surface area contributed by atoms with E-state index in [-0.39, 0.29) is 22.7 Å². The number of hydrogen-bond donors (Lipinski definition) is 2. The van der Waals surface area contributed by atoms with E-state index < -0.39 is 11.9 Å². The molecule has 0 radical (unpaired) electrons. The lowest BCUT2D eigenvalue weighted by molar-refractivity contribution is -0.129. The molecule has 2 bridgehead atoms. The Kier molecular flexibility index (Phi) is 5.32. The molecule has 2 heterocycles. The lowest BCUT2D eigenvalue weighted by Gasteiger charge is -2.31. The maximum absolute atomic E-state index is 13.3. The predicted octanol–water partition coefficient (Wildman–Crippen LogP) is 4.00. The number of halogens is 2. The van der Waals surface area contributed by atoms with Crippen molar-refractivity contribution in [1.82, 2.24) is 10.6 Å². The number of benzene rings is 2. The summed E-state index contributed by atoms with van der Waals surface area (Å²) in [7, 11) is 0. The van der Waals surface area contributed by atoms with Crippen molar-refractivity contribution < 1.29 is 13.9 Å². The summed E-state index contributed by atoms with van der Waals surface area (Å²) in [6.07, 6.45) is 3.35. The Labute approximate surface area is 163 Å². The fourth-order valence-corrected chi connectivity index (χ4v) is 4.26. The minimum atomic E-state index is -0.846. The summed E-state index contributed by atoms with van der Waals surface area (Å²) in [6, 6.07) is 14.3. The van der Waals surface area contributed by atoms with Crippen LogP contribution in [0.5, 0.6) is 5.75 Å². The smallest absolute Gasteiger partial charge is 0.266 e. The summed E-state index contributed by atoms with van der Waals surface area (Å²) in [5.74, 6) is -0.362. The van der Waals surface area contributed by atoms with Gasteiger partial charge in [0, 0.05) is 23.7 Å². The molecule has 2 aromatic rings. The van der Waals surface area contributed by atoms with Gasteiger partial charge in [0.1, 0.15) is 11.6 Å². The van der Waals surface area contributed by atoms with Crippen molar-refractivity contribution in [2.45, 2.75) is 49.9 Å². The third-order valence-corrected chi connectivity index (χ3v) is 5.59. The highest BCUT2D eigenvalue weighted by atomic mass is 35.5. The third kappa shape index (κ3) is 4.25. The fourth-order valence-electron chi connectivity index (χ4n) is 4.05. The second-order valence-corrected chi connectivity index (χ2v) is 7.71. The first kappa shape index (κ1) is 18.3. The van der Waals surface area contributed by atoms with Gasteiger partial charge < -0.3 is 15.4 Å². The SMILES string of the molecule is O=C(NC1CC2CCC(C1)N2)C(Oc1ccc(F)cc1Cl)c1ccccc1. The zero-order chi connectivity index (χ0) is 18.8. The monoisotopic (exact) mass is 388 g/mol. The molecule has 2 saturated heterocycles. The Morgan fingerprint density at radius 3 is 2.52 bits per heavy atom. The molecule has 2 aliphatic heterocycles. The van der Waals surface area contributed by atoms with E-state index in [0.717, 1.165) is 18.4 Å². The molecule has 0 aliphatic carbocycles. The Morgan fingerprint density at radius 2 is 1.85 bits per heavy atom. The average Bonchev–Trinajstić information content (AvgIpc) is 3.00. The van der Waals surface area contributed by atoms with Gasteiger partial charge in [0.15, 0.2) is 0 Å². The van der Waals surface area contributed by atoms with E-state index in [1.54, 1.807) is 0 Å². The maximum atomic E-state index is 13.3. The van der Waals surface area contributed by atoms with Crippen molar-refractivity contribution in [3.8, 4) is 5.75 Å². The molecular weight excluding hydrogens is 367 g/mol. The molecule has 0 aromatic heterocycles. The molecule has 142 valence electrons. The van der Waals surface area contributed by atoms with Gasteiger partial charge in [-0.05, 0) is 43.9 Å². The normalized spacial score (nSPS) is 25.0. The number of nitrogens with one attached hydrogen (secondary N) is 2. The van der Waals surface area contributed by atoms with Crippen molar-refractivity contribution in [2.24, 2.45) is 0 Å². The Balaban J connectivity index is 1.53. The van der Waals surface area contributed by atoms with Crippen LogP contribution >= 0.6 is 11.6 Å². The van der Waals surface area contributed by atoms with Gasteiger partial charge in [0.2, 0.25) is 6.10 Å². The minimum absolute atomic E-state index is 0.134. The summed E-state index contributed by atoms with van der Waals surface area (Å²) in [5, 5.41) is 6.86. The summed E-state index contributed by atoms with van der Waals surface area (Å²) in [5.41, 5.74) is 0.729. The topological polar surface area (TPSA) is 50.4 Å². The number of ether oxygens (including phenoxy) is 1. The number of fused-ring (bicyclic) bond motifs is 2. The lowest BCUT2D eigenvalue weighted by Crippen LogP contribution is -2.49. The zero-order valence-corrected chi connectivity index (χ0v) is 15.6. The zero-order valence-electron chi connectivity index (χ0n) is 14.8.